The quantitative estimate of drug-likeness (QED) is 0.764. The van der Waals surface area contributed by atoms with Crippen LogP contribution in [0.4, 0.5) is 0 Å². The Morgan fingerprint density at radius 3 is 2.50 bits per heavy atom. The van der Waals surface area contributed by atoms with Crippen molar-refractivity contribution in [3.05, 3.63) is 11.7 Å². The first-order valence-corrected chi connectivity index (χ1v) is 6.27. The van der Waals surface area contributed by atoms with E-state index in [1.54, 1.807) is 14.2 Å². The molecule has 1 heterocycles. The summed E-state index contributed by atoms with van der Waals surface area (Å²) in [5.41, 5.74) is 5.46. The molecule has 104 valence electrons. The molecule has 1 rings (SSSR count). The number of nitrogens with two attached hydrogens (primary N) is 1. The smallest absolute Gasteiger partial charge is 0.243 e. The van der Waals surface area contributed by atoms with E-state index < -0.39 is 5.60 Å². The fourth-order valence-corrected chi connectivity index (χ4v) is 1.89. The third kappa shape index (κ3) is 3.07. The molecule has 1 aromatic heterocycles. The standard InChI is InChI=1S/C12H23N3O3/c1-5-12(6-2,17-4)11-14-10(18-15-11)9(13)7-8-16-3/h9H,5-8,13H2,1-4H3. The van der Waals surface area contributed by atoms with Gasteiger partial charge in [-0.1, -0.05) is 19.0 Å². The lowest BCUT2D eigenvalue weighted by Gasteiger charge is -2.25. The third-order valence-corrected chi connectivity index (χ3v) is 3.33. The van der Waals surface area contributed by atoms with Crippen LogP contribution in [0.2, 0.25) is 0 Å². The lowest BCUT2D eigenvalue weighted by atomic mass is 9.96. The summed E-state index contributed by atoms with van der Waals surface area (Å²) in [7, 11) is 3.30. The van der Waals surface area contributed by atoms with Gasteiger partial charge < -0.3 is 19.7 Å². The van der Waals surface area contributed by atoms with Crippen LogP contribution in [0.25, 0.3) is 0 Å². The molecule has 0 fully saturated rings. The molecule has 1 aromatic rings. The Labute approximate surface area is 108 Å². The average Bonchev–Trinajstić information content (AvgIpc) is 2.89. The summed E-state index contributed by atoms with van der Waals surface area (Å²) in [6.07, 6.45) is 2.22. The summed E-state index contributed by atoms with van der Waals surface area (Å²) in [5, 5.41) is 4.00. The molecule has 0 amide bonds. The Morgan fingerprint density at radius 2 is 2.00 bits per heavy atom. The van der Waals surface area contributed by atoms with Crippen LogP contribution in [-0.2, 0) is 15.1 Å². The Kier molecular flexibility index (Phi) is 5.71. The topological polar surface area (TPSA) is 83.4 Å². The number of rotatable bonds is 8. The molecule has 0 spiro atoms. The van der Waals surface area contributed by atoms with Gasteiger partial charge in [0.2, 0.25) is 11.7 Å². The Hall–Kier alpha value is -0.980. The maximum absolute atomic E-state index is 5.94. The Bertz CT molecular complexity index is 342. The lowest BCUT2D eigenvalue weighted by Crippen LogP contribution is -2.28. The molecule has 1 unspecified atom stereocenters. The minimum absolute atomic E-state index is 0.297. The molecular weight excluding hydrogens is 234 g/mol. The number of hydrogen-bond acceptors (Lipinski definition) is 6. The van der Waals surface area contributed by atoms with E-state index in [1.807, 2.05) is 13.8 Å². The van der Waals surface area contributed by atoms with E-state index in [2.05, 4.69) is 10.1 Å². The first-order valence-electron chi connectivity index (χ1n) is 6.27. The van der Waals surface area contributed by atoms with E-state index in [-0.39, 0.29) is 6.04 Å². The fraction of sp³-hybridized carbons (Fsp3) is 0.833. The molecule has 0 bridgehead atoms. The minimum Gasteiger partial charge on any atom is -0.385 e. The summed E-state index contributed by atoms with van der Waals surface area (Å²) in [6, 6.07) is -0.297. The maximum Gasteiger partial charge on any atom is 0.243 e. The molecule has 6 nitrogen and oxygen atoms in total. The van der Waals surface area contributed by atoms with Gasteiger partial charge in [0.1, 0.15) is 5.60 Å². The molecule has 0 aliphatic heterocycles. The number of aromatic nitrogens is 2. The minimum atomic E-state index is -0.483. The highest BCUT2D eigenvalue weighted by Gasteiger charge is 2.34. The highest BCUT2D eigenvalue weighted by atomic mass is 16.5. The van der Waals surface area contributed by atoms with Crippen molar-refractivity contribution in [3.63, 3.8) is 0 Å². The first kappa shape index (κ1) is 15.1. The summed E-state index contributed by atoms with van der Waals surface area (Å²) >= 11 is 0. The lowest BCUT2D eigenvalue weighted by molar-refractivity contribution is -0.0306. The second-order valence-corrected chi connectivity index (χ2v) is 4.25. The van der Waals surface area contributed by atoms with Crippen molar-refractivity contribution in [3.8, 4) is 0 Å². The zero-order chi connectivity index (χ0) is 13.6. The van der Waals surface area contributed by atoms with Gasteiger partial charge in [0.25, 0.3) is 0 Å². The van der Waals surface area contributed by atoms with Crippen LogP contribution >= 0.6 is 0 Å². The monoisotopic (exact) mass is 257 g/mol. The van der Waals surface area contributed by atoms with Crippen LogP contribution in [-0.4, -0.2) is 31.0 Å². The van der Waals surface area contributed by atoms with Crippen LogP contribution in [0.1, 0.15) is 50.9 Å². The van der Waals surface area contributed by atoms with Gasteiger partial charge in [-0.2, -0.15) is 4.98 Å². The summed E-state index contributed by atoms with van der Waals surface area (Å²) in [5.74, 6) is 1.00. The van der Waals surface area contributed by atoms with Crippen molar-refractivity contribution in [1.29, 1.82) is 0 Å². The van der Waals surface area contributed by atoms with E-state index >= 15 is 0 Å². The average molecular weight is 257 g/mol. The van der Waals surface area contributed by atoms with E-state index in [9.17, 15) is 0 Å². The Balaban J connectivity index is 2.84. The number of methoxy groups -OCH3 is 2. The molecule has 0 saturated carbocycles. The van der Waals surface area contributed by atoms with Gasteiger partial charge in [-0.05, 0) is 19.3 Å². The molecular formula is C12H23N3O3. The van der Waals surface area contributed by atoms with Crippen LogP contribution in [0.5, 0.6) is 0 Å². The highest BCUT2D eigenvalue weighted by Crippen LogP contribution is 2.30. The second kappa shape index (κ2) is 6.82. The summed E-state index contributed by atoms with van der Waals surface area (Å²) < 4.78 is 15.7. The Morgan fingerprint density at radius 1 is 1.33 bits per heavy atom. The SMILES string of the molecule is CCC(CC)(OC)c1noc(C(N)CCOC)n1. The highest BCUT2D eigenvalue weighted by molar-refractivity contribution is 5.02. The predicted molar refractivity (Wildman–Crippen MR) is 67.0 cm³/mol. The largest absolute Gasteiger partial charge is 0.385 e. The van der Waals surface area contributed by atoms with E-state index in [0.717, 1.165) is 12.8 Å². The number of hydrogen-bond donors (Lipinski definition) is 1. The van der Waals surface area contributed by atoms with E-state index in [0.29, 0.717) is 24.7 Å². The molecule has 0 radical (unpaired) electrons. The summed E-state index contributed by atoms with van der Waals surface area (Å²) in [6.45, 7) is 4.64. The second-order valence-electron chi connectivity index (χ2n) is 4.25. The normalized spacial score (nSPS) is 13.8. The molecule has 0 saturated heterocycles. The van der Waals surface area contributed by atoms with Crippen LogP contribution in [0, 0.1) is 0 Å². The third-order valence-electron chi connectivity index (χ3n) is 3.33. The molecule has 1 atom stereocenters. The van der Waals surface area contributed by atoms with Crippen molar-refractivity contribution in [1.82, 2.24) is 10.1 Å². The van der Waals surface area contributed by atoms with Crippen molar-refractivity contribution in [2.24, 2.45) is 5.73 Å². The van der Waals surface area contributed by atoms with Gasteiger partial charge in [-0.3, -0.25) is 0 Å². The van der Waals surface area contributed by atoms with Crippen LogP contribution in [0.15, 0.2) is 4.52 Å². The van der Waals surface area contributed by atoms with Crippen molar-refractivity contribution < 1.29 is 14.0 Å². The molecule has 0 aliphatic carbocycles. The zero-order valence-corrected chi connectivity index (χ0v) is 11.6. The molecule has 2 N–H and O–H groups in total. The molecule has 0 aromatic carbocycles. The van der Waals surface area contributed by atoms with E-state index in [4.69, 9.17) is 19.7 Å². The predicted octanol–water partition coefficient (Wildman–Crippen LogP) is 1.77. The summed E-state index contributed by atoms with van der Waals surface area (Å²) in [4.78, 5) is 4.36. The molecule has 6 heteroatoms. The van der Waals surface area contributed by atoms with Crippen molar-refractivity contribution in [2.45, 2.75) is 44.8 Å². The van der Waals surface area contributed by atoms with Crippen molar-refractivity contribution >= 4 is 0 Å². The number of ether oxygens (including phenoxy) is 2. The van der Waals surface area contributed by atoms with Crippen LogP contribution < -0.4 is 5.73 Å². The van der Waals surface area contributed by atoms with Gasteiger partial charge in [0.15, 0.2) is 0 Å². The van der Waals surface area contributed by atoms with Gasteiger partial charge >= 0.3 is 0 Å². The van der Waals surface area contributed by atoms with Gasteiger partial charge in [0, 0.05) is 20.8 Å². The van der Waals surface area contributed by atoms with Crippen LogP contribution in [0.3, 0.4) is 0 Å². The van der Waals surface area contributed by atoms with Gasteiger partial charge in [-0.25, -0.2) is 0 Å². The van der Waals surface area contributed by atoms with Gasteiger partial charge in [-0.15, -0.1) is 0 Å². The zero-order valence-electron chi connectivity index (χ0n) is 11.6. The van der Waals surface area contributed by atoms with Gasteiger partial charge in [0.05, 0.1) is 6.04 Å². The number of nitrogens with zero attached hydrogens (tertiary/aromatic N) is 2. The maximum atomic E-state index is 5.94. The van der Waals surface area contributed by atoms with Crippen molar-refractivity contribution in [2.75, 3.05) is 20.8 Å². The first-order chi connectivity index (χ1) is 8.63. The molecule has 0 aliphatic rings. The van der Waals surface area contributed by atoms with E-state index in [1.165, 1.54) is 0 Å². The molecule has 18 heavy (non-hydrogen) atoms. The fourth-order valence-electron chi connectivity index (χ4n) is 1.89.